The van der Waals surface area contributed by atoms with Crippen molar-refractivity contribution in [2.75, 3.05) is 25.4 Å². The van der Waals surface area contributed by atoms with Crippen molar-refractivity contribution >= 4 is 11.7 Å². The number of benzene rings is 1. The smallest absolute Gasteiger partial charge is 0.253 e. The molecule has 166 valence electrons. The van der Waals surface area contributed by atoms with Crippen molar-refractivity contribution in [2.45, 2.75) is 32.4 Å². The number of pyridine rings is 2. The van der Waals surface area contributed by atoms with Crippen molar-refractivity contribution in [2.24, 2.45) is 0 Å². The standard InChI is InChI=1S/C25H29N5O2/c1-2-32-23-15-18(3-5-22(23)19-7-11-27-12-8-19)17-30-13-9-21(10-14-30)29-25(31)20-4-6-24(26)28-16-20/h3-8,11-12,15-16,21H,2,9-10,13-14,17H2,1H3,(H2,26,28)(H,29,31). The highest BCUT2D eigenvalue weighted by atomic mass is 16.5. The van der Waals surface area contributed by atoms with Gasteiger partial charge in [-0.05, 0) is 61.2 Å². The third-order valence-corrected chi connectivity index (χ3v) is 5.71. The Morgan fingerprint density at radius 2 is 1.94 bits per heavy atom. The van der Waals surface area contributed by atoms with Gasteiger partial charge in [-0.15, -0.1) is 0 Å². The number of aromatic nitrogens is 2. The molecule has 3 N–H and O–H groups in total. The maximum absolute atomic E-state index is 12.4. The Bertz CT molecular complexity index is 1030. The number of nitrogens with two attached hydrogens (primary N) is 1. The van der Waals surface area contributed by atoms with Gasteiger partial charge in [0.2, 0.25) is 0 Å². The average Bonchev–Trinajstić information content (AvgIpc) is 2.82. The lowest BCUT2D eigenvalue weighted by Crippen LogP contribution is -2.44. The van der Waals surface area contributed by atoms with Crippen LogP contribution in [0.25, 0.3) is 11.1 Å². The number of carbonyl (C=O) groups excluding carboxylic acids is 1. The normalized spacial score (nSPS) is 14.8. The fourth-order valence-electron chi connectivity index (χ4n) is 4.01. The van der Waals surface area contributed by atoms with Gasteiger partial charge in [0.1, 0.15) is 11.6 Å². The lowest BCUT2D eigenvalue weighted by molar-refractivity contribution is 0.0908. The van der Waals surface area contributed by atoms with Crippen LogP contribution in [-0.2, 0) is 6.54 Å². The third kappa shape index (κ3) is 5.42. The van der Waals surface area contributed by atoms with Gasteiger partial charge in [0, 0.05) is 49.8 Å². The molecule has 3 heterocycles. The molecule has 0 bridgehead atoms. The minimum Gasteiger partial charge on any atom is -0.493 e. The first-order valence-corrected chi connectivity index (χ1v) is 11.0. The van der Waals surface area contributed by atoms with Crippen molar-refractivity contribution in [3.8, 4) is 16.9 Å². The molecular weight excluding hydrogens is 402 g/mol. The van der Waals surface area contributed by atoms with Gasteiger partial charge >= 0.3 is 0 Å². The first-order chi connectivity index (χ1) is 15.6. The molecule has 1 aromatic carbocycles. The van der Waals surface area contributed by atoms with Crippen molar-refractivity contribution < 1.29 is 9.53 Å². The molecule has 0 radical (unpaired) electrons. The first-order valence-electron chi connectivity index (χ1n) is 11.0. The third-order valence-electron chi connectivity index (χ3n) is 5.71. The van der Waals surface area contributed by atoms with E-state index in [2.05, 4.69) is 38.4 Å². The molecule has 2 aromatic heterocycles. The molecule has 7 heteroatoms. The van der Waals surface area contributed by atoms with Gasteiger partial charge in [0.15, 0.2) is 0 Å². The lowest BCUT2D eigenvalue weighted by Gasteiger charge is -2.32. The van der Waals surface area contributed by atoms with Crippen LogP contribution in [0.5, 0.6) is 5.75 Å². The molecule has 1 fully saturated rings. The zero-order valence-corrected chi connectivity index (χ0v) is 18.3. The first kappa shape index (κ1) is 21.8. The Labute approximate surface area is 188 Å². The predicted molar refractivity (Wildman–Crippen MR) is 125 cm³/mol. The van der Waals surface area contributed by atoms with Crippen LogP contribution in [0.3, 0.4) is 0 Å². The zero-order valence-electron chi connectivity index (χ0n) is 18.3. The van der Waals surface area contributed by atoms with Gasteiger partial charge in [-0.25, -0.2) is 4.98 Å². The fourth-order valence-corrected chi connectivity index (χ4v) is 4.01. The molecule has 3 aromatic rings. The fraction of sp³-hybridized carbons (Fsp3) is 0.320. The Kier molecular flexibility index (Phi) is 6.97. The molecule has 7 nitrogen and oxygen atoms in total. The summed E-state index contributed by atoms with van der Waals surface area (Å²) in [6.45, 7) is 5.35. The van der Waals surface area contributed by atoms with Crippen molar-refractivity contribution in [3.63, 3.8) is 0 Å². The summed E-state index contributed by atoms with van der Waals surface area (Å²) in [4.78, 5) is 22.9. The Morgan fingerprint density at radius 3 is 2.62 bits per heavy atom. The summed E-state index contributed by atoms with van der Waals surface area (Å²) in [5.74, 6) is 1.22. The Hall–Kier alpha value is -3.45. The van der Waals surface area contributed by atoms with Gasteiger partial charge in [-0.3, -0.25) is 14.7 Å². The molecule has 1 saturated heterocycles. The van der Waals surface area contributed by atoms with Crippen LogP contribution in [0.4, 0.5) is 5.82 Å². The molecule has 32 heavy (non-hydrogen) atoms. The average molecular weight is 432 g/mol. The summed E-state index contributed by atoms with van der Waals surface area (Å²) in [6, 6.07) is 14.0. The van der Waals surface area contributed by atoms with E-state index < -0.39 is 0 Å². The van der Waals surface area contributed by atoms with Gasteiger partial charge in [0.05, 0.1) is 12.2 Å². The summed E-state index contributed by atoms with van der Waals surface area (Å²) in [6.07, 6.45) is 6.95. The number of hydrogen-bond acceptors (Lipinski definition) is 6. The maximum atomic E-state index is 12.4. The summed E-state index contributed by atoms with van der Waals surface area (Å²) < 4.78 is 5.93. The number of likely N-dealkylation sites (tertiary alicyclic amines) is 1. The zero-order chi connectivity index (χ0) is 22.3. The van der Waals surface area contributed by atoms with Gasteiger partial charge in [-0.1, -0.05) is 12.1 Å². The minimum atomic E-state index is -0.0935. The number of anilines is 1. The molecule has 0 unspecified atom stereocenters. The van der Waals surface area contributed by atoms with E-state index >= 15 is 0 Å². The molecule has 0 spiro atoms. The number of ether oxygens (including phenoxy) is 1. The molecule has 0 saturated carbocycles. The Balaban J connectivity index is 1.34. The van der Waals surface area contributed by atoms with Gasteiger partial charge in [-0.2, -0.15) is 0 Å². The number of carbonyl (C=O) groups is 1. The van der Waals surface area contributed by atoms with Gasteiger partial charge in [0.25, 0.3) is 5.91 Å². The number of piperidine rings is 1. The highest BCUT2D eigenvalue weighted by Gasteiger charge is 2.21. The van der Waals surface area contributed by atoms with E-state index in [1.165, 1.54) is 11.8 Å². The molecule has 1 aliphatic rings. The van der Waals surface area contributed by atoms with Crippen LogP contribution in [-0.4, -0.2) is 46.5 Å². The van der Waals surface area contributed by atoms with Crippen LogP contribution in [0.15, 0.2) is 61.1 Å². The maximum Gasteiger partial charge on any atom is 0.253 e. The predicted octanol–water partition coefficient (Wildman–Crippen LogP) is 3.52. The summed E-state index contributed by atoms with van der Waals surface area (Å²) in [5.41, 5.74) is 9.54. The number of nitrogens with zero attached hydrogens (tertiary/aromatic N) is 3. The second-order valence-electron chi connectivity index (χ2n) is 8.00. The van der Waals surface area contributed by atoms with Crippen LogP contribution >= 0.6 is 0 Å². The van der Waals surface area contributed by atoms with Crippen molar-refractivity contribution in [1.82, 2.24) is 20.2 Å². The summed E-state index contributed by atoms with van der Waals surface area (Å²) >= 11 is 0. The van der Waals surface area contributed by atoms with E-state index in [0.29, 0.717) is 18.0 Å². The SMILES string of the molecule is CCOc1cc(CN2CCC(NC(=O)c3ccc(N)nc3)CC2)ccc1-c1ccncc1. The summed E-state index contributed by atoms with van der Waals surface area (Å²) in [7, 11) is 0. The highest BCUT2D eigenvalue weighted by Crippen LogP contribution is 2.31. The number of nitrogen functional groups attached to an aromatic ring is 1. The van der Waals surface area contributed by atoms with E-state index in [-0.39, 0.29) is 11.9 Å². The Morgan fingerprint density at radius 1 is 1.16 bits per heavy atom. The molecule has 1 aliphatic heterocycles. The van der Waals surface area contributed by atoms with Crippen LogP contribution in [0, 0.1) is 0 Å². The monoisotopic (exact) mass is 431 g/mol. The molecule has 0 atom stereocenters. The number of rotatable bonds is 7. The van der Waals surface area contributed by atoms with E-state index in [1.54, 1.807) is 24.5 Å². The van der Waals surface area contributed by atoms with Crippen molar-refractivity contribution in [1.29, 1.82) is 0 Å². The second kappa shape index (κ2) is 10.2. The van der Waals surface area contributed by atoms with E-state index in [9.17, 15) is 4.79 Å². The molecule has 0 aliphatic carbocycles. The number of amides is 1. The summed E-state index contributed by atoms with van der Waals surface area (Å²) in [5, 5.41) is 3.12. The molecule has 4 rings (SSSR count). The van der Waals surface area contributed by atoms with Crippen LogP contribution in [0.2, 0.25) is 0 Å². The number of nitrogens with one attached hydrogen (secondary N) is 1. The number of hydrogen-bond donors (Lipinski definition) is 2. The van der Waals surface area contributed by atoms with Crippen LogP contribution < -0.4 is 15.8 Å². The van der Waals surface area contributed by atoms with E-state index in [4.69, 9.17) is 10.5 Å². The molecular formula is C25H29N5O2. The topological polar surface area (TPSA) is 93.4 Å². The van der Waals surface area contributed by atoms with Crippen molar-refractivity contribution in [3.05, 3.63) is 72.2 Å². The highest BCUT2D eigenvalue weighted by molar-refractivity contribution is 5.94. The van der Waals surface area contributed by atoms with E-state index in [1.807, 2.05) is 19.1 Å². The van der Waals surface area contributed by atoms with E-state index in [0.717, 1.165) is 49.4 Å². The van der Waals surface area contributed by atoms with Gasteiger partial charge < -0.3 is 15.8 Å². The second-order valence-corrected chi connectivity index (χ2v) is 8.00. The lowest BCUT2D eigenvalue weighted by atomic mass is 10.0. The van der Waals surface area contributed by atoms with Crippen LogP contribution in [0.1, 0.15) is 35.7 Å². The quantitative estimate of drug-likeness (QED) is 0.595. The molecule has 1 amide bonds. The minimum absolute atomic E-state index is 0.0935. The largest absolute Gasteiger partial charge is 0.493 e.